The van der Waals surface area contributed by atoms with Crippen molar-refractivity contribution in [1.29, 1.82) is 0 Å². The summed E-state index contributed by atoms with van der Waals surface area (Å²) in [6.45, 7) is 6.77. The fraction of sp³-hybridized carbons (Fsp3) is 0.500. The fourth-order valence-corrected chi connectivity index (χ4v) is 1.73. The van der Waals surface area contributed by atoms with E-state index in [1.54, 1.807) is 7.11 Å². The molecule has 18 heavy (non-hydrogen) atoms. The highest BCUT2D eigenvalue weighted by atomic mass is 16.5. The van der Waals surface area contributed by atoms with E-state index in [0.717, 1.165) is 22.4 Å². The molecule has 0 spiro atoms. The molecule has 0 fully saturated rings. The predicted octanol–water partition coefficient (Wildman–Crippen LogP) is 1.52. The smallest absolute Gasteiger partial charge is 0.224 e. The van der Waals surface area contributed by atoms with Crippen LogP contribution in [0, 0.1) is 19.8 Å². The Kier molecular flexibility index (Phi) is 5.16. The quantitative estimate of drug-likeness (QED) is 0.833. The Morgan fingerprint density at radius 2 is 2.06 bits per heavy atom. The maximum atomic E-state index is 11.7. The molecule has 0 radical (unpaired) electrons. The fourth-order valence-electron chi connectivity index (χ4n) is 1.73. The molecule has 1 aromatic rings. The third-order valence-electron chi connectivity index (χ3n) is 3.32. The molecule has 0 heterocycles. The van der Waals surface area contributed by atoms with E-state index in [1.165, 1.54) is 0 Å². The normalized spacial score (nSPS) is 12.1. The number of carbonyl (C=O) groups is 1. The number of methoxy groups -OCH3 is 1. The molecular weight excluding hydrogens is 228 g/mol. The van der Waals surface area contributed by atoms with Crippen LogP contribution in [0.15, 0.2) is 12.1 Å². The van der Waals surface area contributed by atoms with E-state index < -0.39 is 0 Å². The number of nitrogens with two attached hydrogens (primary N) is 1. The van der Waals surface area contributed by atoms with Gasteiger partial charge in [0.15, 0.2) is 0 Å². The lowest BCUT2D eigenvalue weighted by Crippen LogP contribution is -2.32. The van der Waals surface area contributed by atoms with Gasteiger partial charge in [-0.1, -0.05) is 13.0 Å². The lowest BCUT2D eigenvalue weighted by molar-refractivity contribution is -0.124. The molecule has 0 aliphatic carbocycles. The Morgan fingerprint density at radius 3 is 2.61 bits per heavy atom. The summed E-state index contributed by atoms with van der Waals surface area (Å²) in [5.74, 6) is 0.716. The van der Waals surface area contributed by atoms with Crippen LogP contribution in [0.1, 0.15) is 23.6 Å². The highest BCUT2D eigenvalue weighted by molar-refractivity contribution is 5.78. The highest BCUT2D eigenvalue weighted by Crippen LogP contribution is 2.23. The zero-order valence-electron chi connectivity index (χ0n) is 11.5. The molecule has 0 saturated carbocycles. The first-order valence-electron chi connectivity index (χ1n) is 6.12. The van der Waals surface area contributed by atoms with Crippen LogP contribution in [0.5, 0.6) is 5.75 Å². The van der Waals surface area contributed by atoms with Gasteiger partial charge in [0.05, 0.1) is 7.11 Å². The molecule has 1 atom stereocenters. The Bertz CT molecular complexity index is 430. The van der Waals surface area contributed by atoms with Crippen molar-refractivity contribution < 1.29 is 9.53 Å². The second-order valence-corrected chi connectivity index (χ2v) is 4.53. The summed E-state index contributed by atoms with van der Waals surface area (Å²) in [7, 11) is 1.66. The van der Waals surface area contributed by atoms with Gasteiger partial charge in [-0.05, 0) is 36.6 Å². The lowest BCUT2D eigenvalue weighted by Gasteiger charge is -2.14. The minimum absolute atomic E-state index is 0.00892. The Labute approximate surface area is 109 Å². The molecule has 0 aliphatic heterocycles. The maximum Gasteiger partial charge on any atom is 0.224 e. The molecule has 3 N–H and O–H groups in total. The molecule has 1 aromatic carbocycles. The minimum Gasteiger partial charge on any atom is -0.496 e. The molecule has 0 bridgehead atoms. The SMILES string of the molecule is COc1ccc(CNC(=O)C(C)CN)c(C)c1C. The van der Waals surface area contributed by atoms with Crippen molar-refractivity contribution in [3.05, 3.63) is 28.8 Å². The van der Waals surface area contributed by atoms with Gasteiger partial charge in [-0.2, -0.15) is 0 Å². The summed E-state index contributed by atoms with van der Waals surface area (Å²) in [5, 5.41) is 2.90. The van der Waals surface area contributed by atoms with Crippen LogP contribution in [0.4, 0.5) is 0 Å². The van der Waals surface area contributed by atoms with E-state index in [1.807, 2.05) is 32.9 Å². The third kappa shape index (κ3) is 3.23. The van der Waals surface area contributed by atoms with Gasteiger partial charge in [0.1, 0.15) is 5.75 Å². The number of rotatable bonds is 5. The number of amides is 1. The van der Waals surface area contributed by atoms with Crippen LogP contribution in [0.25, 0.3) is 0 Å². The number of carbonyl (C=O) groups excluding carboxylic acids is 1. The molecule has 0 aromatic heterocycles. The lowest BCUT2D eigenvalue weighted by atomic mass is 10.0. The first kappa shape index (κ1) is 14.5. The Balaban J connectivity index is 2.75. The van der Waals surface area contributed by atoms with Crippen molar-refractivity contribution in [2.24, 2.45) is 11.7 Å². The summed E-state index contributed by atoms with van der Waals surface area (Å²) in [6, 6.07) is 3.91. The Morgan fingerprint density at radius 1 is 1.39 bits per heavy atom. The van der Waals surface area contributed by atoms with Crippen molar-refractivity contribution in [1.82, 2.24) is 5.32 Å². The Hall–Kier alpha value is -1.55. The largest absolute Gasteiger partial charge is 0.496 e. The van der Waals surface area contributed by atoms with Gasteiger partial charge >= 0.3 is 0 Å². The number of hydrogen-bond donors (Lipinski definition) is 2. The van der Waals surface area contributed by atoms with Gasteiger partial charge in [-0.25, -0.2) is 0 Å². The molecular formula is C14H22N2O2. The van der Waals surface area contributed by atoms with E-state index in [0.29, 0.717) is 13.1 Å². The number of nitrogens with one attached hydrogen (secondary N) is 1. The topological polar surface area (TPSA) is 64.3 Å². The van der Waals surface area contributed by atoms with Crippen LogP contribution in [-0.4, -0.2) is 19.6 Å². The van der Waals surface area contributed by atoms with Gasteiger partial charge in [0, 0.05) is 19.0 Å². The molecule has 1 rings (SSSR count). The van der Waals surface area contributed by atoms with Crippen LogP contribution in [0.2, 0.25) is 0 Å². The van der Waals surface area contributed by atoms with Crippen molar-refractivity contribution in [3.8, 4) is 5.75 Å². The summed E-state index contributed by atoms with van der Waals surface area (Å²) in [5.41, 5.74) is 8.81. The monoisotopic (exact) mass is 250 g/mol. The molecule has 0 saturated heterocycles. The van der Waals surface area contributed by atoms with Gasteiger partial charge in [-0.15, -0.1) is 0 Å². The number of benzene rings is 1. The number of ether oxygens (including phenoxy) is 1. The van der Waals surface area contributed by atoms with Crippen molar-refractivity contribution in [3.63, 3.8) is 0 Å². The summed E-state index contributed by atoms with van der Waals surface area (Å²) in [4.78, 5) is 11.7. The van der Waals surface area contributed by atoms with Crippen LogP contribution in [-0.2, 0) is 11.3 Å². The number of hydrogen-bond acceptors (Lipinski definition) is 3. The summed E-state index contributed by atoms with van der Waals surface area (Å²) in [6.07, 6.45) is 0. The molecule has 1 unspecified atom stereocenters. The van der Waals surface area contributed by atoms with E-state index in [-0.39, 0.29) is 11.8 Å². The first-order valence-corrected chi connectivity index (χ1v) is 6.12. The van der Waals surface area contributed by atoms with Crippen LogP contribution in [0.3, 0.4) is 0 Å². The zero-order valence-corrected chi connectivity index (χ0v) is 11.5. The third-order valence-corrected chi connectivity index (χ3v) is 3.32. The van der Waals surface area contributed by atoms with Crippen LogP contribution >= 0.6 is 0 Å². The van der Waals surface area contributed by atoms with E-state index in [9.17, 15) is 4.79 Å². The average Bonchev–Trinajstić information content (AvgIpc) is 2.39. The van der Waals surface area contributed by atoms with Crippen molar-refractivity contribution in [2.75, 3.05) is 13.7 Å². The molecule has 100 valence electrons. The molecule has 0 aliphatic rings. The van der Waals surface area contributed by atoms with Crippen LogP contribution < -0.4 is 15.8 Å². The second kappa shape index (κ2) is 6.40. The minimum atomic E-state index is -0.148. The molecule has 4 nitrogen and oxygen atoms in total. The molecule has 1 amide bonds. The predicted molar refractivity (Wildman–Crippen MR) is 72.5 cm³/mol. The summed E-state index contributed by atoms with van der Waals surface area (Å²) >= 11 is 0. The zero-order chi connectivity index (χ0) is 13.7. The van der Waals surface area contributed by atoms with Gasteiger partial charge in [0.25, 0.3) is 0 Å². The van der Waals surface area contributed by atoms with Crippen molar-refractivity contribution >= 4 is 5.91 Å². The standard InChI is InChI=1S/C14H22N2O2/c1-9(7-15)14(17)16-8-12-5-6-13(18-4)11(3)10(12)2/h5-6,9H,7-8,15H2,1-4H3,(H,16,17). The maximum absolute atomic E-state index is 11.7. The first-order chi connectivity index (χ1) is 8.51. The van der Waals surface area contributed by atoms with E-state index in [4.69, 9.17) is 10.5 Å². The second-order valence-electron chi connectivity index (χ2n) is 4.53. The van der Waals surface area contributed by atoms with E-state index in [2.05, 4.69) is 5.32 Å². The molecule has 4 heteroatoms. The highest BCUT2D eigenvalue weighted by Gasteiger charge is 2.11. The van der Waals surface area contributed by atoms with Gasteiger partial charge in [-0.3, -0.25) is 4.79 Å². The van der Waals surface area contributed by atoms with Crippen molar-refractivity contribution in [2.45, 2.75) is 27.3 Å². The van der Waals surface area contributed by atoms with E-state index >= 15 is 0 Å². The summed E-state index contributed by atoms with van der Waals surface area (Å²) < 4.78 is 5.26. The van der Waals surface area contributed by atoms with Gasteiger partial charge in [0.2, 0.25) is 5.91 Å². The average molecular weight is 250 g/mol. The van der Waals surface area contributed by atoms with Gasteiger partial charge < -0.3 is 15.8 Å².